The Hall–Kier alpha value is -0.0400. The molecule has 0 heterocycles. The van der Waals surface area contributed by atoms with E-state index in [9.17, 15) is 0 Å². The third kappa shape index (κ3) is 3.68. The molecule has 2 unspecified atom stereocenters. The zero-order chi connectivity index (χ0) is 10.6. The molecule has 0 spiro atoms. The van der Waals surface area contributed by atoms with E-state index in [-0.39, 0.29) is 0 Å². The minimum absolute atomic E-state index is 0.697. The smallest absolute Gasteiger partial charge is 0.00927 e. The van der Waals surface area contributed by atoms with Crippen LogP contribution in [0.2, 0.25) is 0 Å². The fourth-order valence-electron chi connectivity index (χ4n) is 1.71. The minimum atomic E-state index is 0.697. The summed E-state index contributed by atoms with van der Waals surface area (Å²) in [4.78, 5) is 2.61. The molecular formula is C12H27N. The molecule has 0 radical (unpaired) electrons. The van der Waals surface area contributed by atoms with Crippen LogP contribution in [-0.4, -0.2) is 23.5 Å². The fourth-order valence-corrected chi connectivity index (χ4v) is 1.71. The van der Waals surface area contributed by atoms with Gasteiger partial charge in [0.05, 0.1) is 0 Å². The molecule has 2 atom stereocenters. The van der Waals surface area contributed by atoms with Gasteiger partial charge in [-0.1, -0.05) is 34.6 Å². The summed E-state index contributed by atoms with van der Waals surface area (Å²) in [6.45, 7) is 17.3. The van der Waals surface area contributed by atoms with Gasteiger partial charge in [-0.2, -0.15) is 0 Å². The minimum Gasteiger partial charge on any atom is -0.298 e. The highest BCUT2D eigenvalue weighted by atomic mass is 15.2. The Morgan fingerprint density at radius 1 is 0.769 bits per heavy atom. The van der Waals surface area contributed by atoms with Crippen LogP contribution in [0.4, 0.5) is 0 Å². The van der Waals surface area contributed by atoms with E-state index in [2.05, 4.69) is 53.4 Å². The molecule has 0 aromatic rings. The molecule has 13 heavy (non-hydrogen) atoms. The summed E-state index contributed by atoms with van der Waals surface area (Å²) in [6, 6.07) is 1.39. The van der Waals surface area contributed by atoms with Gasteiger partial charge in [-0.3, -0.25) is 4.90 Å². The predicted molar refractivity (Wildman–Crippen MR) is 61.0 cm³/mol. The standard InChI is InChI=1S/C12H27N/c1-8-13(11(6)9(2)3)12(7)10(4)5/h9-12H,8H2,1-7H3. The first-order chi connectivity index (χ1) is 5.91. The third-order valence-corrected chi connectivity index (χ3v) is 3.34. The van der Waals surface area contributed by atoms with E-state index in [1.54, 1.807) is 0 Å². The molecule has 0 fully saturated rings. The van der Waals surface area contributed by atoms with Crippen molar-refractivity contribution >= 4 is 0 Å². The van der Waals surface area contributed by atoms with Crippen molar-refractivity contribution in [2.45, 2.75) is 60.5 Å². The summed E-state index contributed by atoms with van der Waals surface area (Å²) in [6.07, 6.45) is 0. The molecule has 0 bridgehead atoms. The van der Waals surface area contributed by atoms with Crippen LogP contribution < -0.4 is 0 Å². The molecule has 0 saturated heterocycles. The van der Waals surface area contributed by atoms with Crippen LogP contribution >= 0.6 is 0 Å². The van der Waals surface area contributed by atoms with Crippen molar-refractivity contribution in [3.05, 3.63) is 0 Å². The van der Waals surface area contributed by atoms with Crippen LogP contribution in [0.5, 0.6) is 0 Å². The van der Waals surface area contributed by atoms with Gasteiger partial charge < -0.3 is 0 Å². The Bertz CT molecular complexity index is 115. The summed E-state index contributed by atoms with van der Waals surface area (Å²) >= 11 is 0. The average molecular weight is 185 g/mol. The first-order valence-electron chi connectivity index (χ1n) is 5.67. The third-order valence-electron chi connectivity index (χ3n) is 3.34. The van der Waals surface area contributed by atoms with Crippen molar-refractivity contribution in [3.8, 4) is 0 Å². The highest BCUT2D eigenvalue weighted by molar-refractivity contribution is 4.76. The molecule has 0 aliphatic heterocycles. The quantitative estimate of drug-likeness (QED) is 0.634. The number of nitrogens with zero attached hydrogens (tertiary/aromatic N) is 1. The van der Waals surface area contributed by atoms with Crippen LogP contribution in [0.25, 0.3) is 0 Å². The van der Waals surface area contributed by atoms with Crippen LogP contribution in [-0.2, 0) is 0 Å². The van der Waals surface area contributed by atoms with E-state index in [0.717, 1.165) is 11.8 Å². The molecule has 0 aliphatic carbocycles. The van der Waals surface area contributed by atoms with Gasteiger partial charge >= 0.3 is 0 Å². The topological polar surface area (TPSA) is 3.24 Å². The average Bonchev–Trinajstić information content (AvgIpc) is 2.04. The maximum absolute atomic E-state index is 2.61. The number of hydrogen-bond donors (Lipinski definition) is 0. The second kappa shape index (κ2) is 5.64. The summed E-state index contributed by atoms with van der Waals surface area (Å²) in [7, 11) is 0. The Morgan fingerprint density at radius 3 is 1.23 bits per heavy atom. The predicted octanol–water partition coefficient (Wildman–Crippen LogP) is 3.40. The number of rotatable bonds is 5. The van der Waals surface area contributed by atoms with Gasteiger partial charge in [0, 0.05) is 12.1 Å². The molecule has 80 valence electrons. The van der Waals surface area contributed by atoms with Gasteiger partial charge in [0.1, 0.15) is 0 Å². The molecule has 0 amide bonds. The highest BCUT2D eigenvalue weighted by Crippen LogP contribution is 2.17. The molecule has 0 N–H and O–H groups in total. The van der Waals surface area contributed by atoms with Crippen molar-refractivity contribution in [1.82, 2.24) is 4.90 Å². The van der Waals surface area contributed by atoms with Crippen molar-refractivity contribution < 1.29 is 0 Å². The second-order valence-corrected chi connectivity index (χ2v) is 4.80. The van der Waals surface area contributed by atoms with E-state index in [4.69, 9.17) is 0 Å². The van der Waals surface area contributed by atoms with Crippen molar-refractivity contribution in [1.29, 1.82) is 0 Å². The van der Waals surface area contributed by atoms with E-state index in [1.807, 2.05) is 0 Å². The maximum atomic E-state index is 2.61. The molecule has 1 nitrogen and oxygen atoms in total. The Balaban J connectivity index is 4.31. The molecule has 1 heteroatoms. The molecule has 0 aromatic carbocycles. The molecule has 0 rings (SSSR count). The molecule has 0 aromatic heterocycles. The zero-order valence-corrected chi connectivity index (χ0v) is 10.5. The lowest BCUT2D eigenvalue weighted by atomic mass is 9.98. The van der Waals surface area contributed by atoms with Gasteiger partial charge in [-0.15, -0.1) is 0 Å². The Labute approximate surface area is 84.5 Å². The largest absolute Gasteiger partial charge is 0.298 e. The molecular weight excluding hydrogens is 158 g/mol. The molecule has 0 saturated carbocycles. The first kappa shape index (κ1) is 13.0. The second-order valence-electron chi connectivity index (χ2n) is 4.80. The van der Waals surface area contributed by atoms with Gasteiger partial charge in [-0.05, 0) is 32.2 Å². The summed E-state index contributed by atoms with van der Waals surface area (Å²) < 4.78 is 0. The van der Waals surface area contributed by atoms with Crippen LogP contribution in [0.1, 0.15) is 48.5 Å². The lowest BCUT2D eigenvalue weighted by Crippen LogP contribution is -2.45. The fraction of sp³-hybridized carbons (Fsp3) is 1.00. The van der Waals surface area contributed by atoms with Gasteiger partial charge in [0.2, 0.25) is 0 Å². The van der Waals surface area contributed by atoms with Crippen molar-refractivity contribution in [2.75, 3.05) is 6.54 Å². The van der Waals surface area contributed by atoms with Gasteiger partial charge in [0.25, 0.3) is 0 Å². The number of hydrogen-bond acceptors (Lipinski definition) is 1. The van der Waals surface area contributed by atoms with Crippen LogP contribution in [0.3, 0.4) is 0 Å². The highest BCUT2D eigenvalue weighted by Gasteiger charge is 2.22. The zero-order valence-electron chi connectivity index (χ0n) is 10.5. The maximum Gasteiger partial charge on any atom is 0.00927 e. The summed E-state index contributed by atoms with van der Waals surface area (Å²) in [5, 5.41) is 0. The van der Waals surface area contributed by atoms with Crippen molar-refractivity contribution in [3.63, 3.8) is 0 Å². The lowest BCUT2D eigenvalue weighted by Gasteiger charge is -2.37. The van der Waals surface area contributed by atoms with E-state index in [1.165, 1.54) is 6.54 Å². The van der Waals surface area contributed by atoms with Gasteiger partial charge in [-0.25, -0.2) is 0 Å². The van der Waals surface area contributed by atoms with E-state index in [0.29, 0.717) is 12.1 Å². The normalized spacial score (nSPS) is 17.1. The van der Waals surface area contributed by atoms with Gasteiger partial charge in [0.15, 0.2) is 0 Å². The summed E-state index contributed by atoms with van der Waals surface area (Å²) in [5.41, 5.74) is 0. The monoisotopic (exact) mass is 185 g/mol. The van der Waals surface area contributed by atoms with E-state index < -0.39 is 0 Å². The SMILES string of the molecule is CCN(C(C)C(C)C)C(C)C(C)C. The van der Waals surface area contributed by atoms with Crippen LogP contribution in [0.15, 0.2) is 0 Å². The first-order valence-corrected chi connectivity index (χ1v) is 5.67. The Kier molecular flexibility index (Phi) is 5.62. The summed E-state index contributed by atoms with van der Waals surface area (Å²) in [5.74, 6) is 1.50. The van der Waals surface area contributed by atoms with Crippen molar-refractivity contribution in [2.24, 2.45) is 11.8 Å². The lowest BCUT2D eigenvalue weighted by molar-refractivity contribution is 0.101. The Morgan fingerprint density at radius 2 is 1.08 bits per heavy atom. The van der Waals surface area contributed by atoms with E-state index >= 15 is 0 Å². The molecule has 0 aliphatic rings. The van der Waals surface area contributed by atoms with Crippen LogP contribution in [0, 0.1) is 11.8 Å².